The molecule has 3 aromatic rings. The van der Waals surface area contributed by atoms with Crippen molar-refractivity contribution in [3.05, 3.63) is 50.1 Å². The molecule has 0 fully saturated rings. The molecule has 0 radical (unpaired) electrons. The Balaban J connectivity index is 1.40. The lowest BCUT2D eigenvalue weighted by Crippen LogP contribution is -2.17. The number of rotatable bonds is 10. The molecular weight excluding hydrogens is 543 g/mol. The van der Waals surface area contributed by atoms with E-state index in [9.17, 15) is 9.59 Å². The molecular formula is C24H26Cl2N4O4S2. The second-order valence-corrected chi connectivity index (χ2v) is 10.9. The van der Waals surface area contributed by atoms with E-state index in [1.807, 2.05) is 11.5 Å². The van der Waals surface area contributed by atoms with Gasteiger partial charge < -0.3 is 19.4 Å². The number of esters is 1. The first-order chi connectivity index (χ1) is 17.4. The quantitative estimate of drug-likeness (QED) is 0.235. The number of benzene rings is 1. The Morgan fingerprint density at radius 1 is 1.19 bits per heavy atom. The molecule has 1 aromatic carbocycles. The molecule has 0 atom stereocenters. The standard InChI is InChI=1S/C24H26Cl2N4O4S2/c1-3-30-19(12-34-17-10-9-14(25)11-16(17)26)28-29-24(30)35-13-20(31)27-22-21(23(32)33-4-2)15-7-5-6-8-18(15)36-22/h9-11H,3-8,12-13H2,1-2H3,(H,27,31). The molecule has 12 heteroatoms. The van der Waals surface area contributed by atoms with E-state index in [0.717, 1.165) is 36.1 Å². The maximum Gasteiger partial charge on any atom is 0.341 e. The molecule has 1 N–H and O–H groups in total. The summed E-state index contributed by atoms with van der Waals surface area (Å²) in [6.45, 7) is 4.80. The van der Waals surface area contributed by atoms with E-state index in [1.165, 1.54) is 23.1 Å². The van der Waals surface area contributed by atoms with Gasteiger partial charge in [0, 0.05) is 16.4 Å². The van der Waals surface area contributed by atoms with E-state index < -0.39 is 0 Å². The van der Waals surface area contributed by atoms with Crippen molar-refractivity contribution in [2.24, 2.45) is 0 Å². The second-order valence-electron chi connectivity index (χ2n) is 7.98. The largest absolute Gasteiger partial charge is 0.484 e. The predicted octanol–water partition coefficient (Wildman–Crippen LogP) is 6.03. The number of nitrogens with zero attached hydrogens (tertiary/aromatic N) is 3. The monoisotopic (exact) mass is 568 g/mol. The Hall–Kier alpha value is -2.27. The zero-order valence-corrected chi connectivity index (χ0v) is 23.1. The maximum absolute atomic E-state index is 12.8. The van der Waals surface area contributed by atoms with E-state index in [-0.39, 0.29) is 30.8 Å². The Labute approximate surface area is 227 Å². The summed E-state index contributed by atoms with van der Waals surface area (Å²) >= 11 is 14.9. The van der Waals surface area contributed by atoms with Crippen LogP contribution in [0.2, 0.25) is 10.0 Å². The number of halogens is 2. The Morgan fingerprint density at radius 2 is 2.00 bits per heavy atom. The zero-order chi connectivity index (χ0) is 25.7. The first-order valence-electron chi connectivity index (χ1n) is 11.6. The maximum atomic E-state index is 12.8. The van der Waals surface area contributed by atoms with E-state index in [0.29, 0.717) is 43.9 Å². The third-order valence-corrected chi connectivity index (χ3v) is 8.30. The fourth-order valence-corrected chi connectivity index (χ4v) is 6.53. The van der Waals surface area contributed by atoms with Gasteiger partial charge in [-0.05, 0) is 63.3 Å². The highest BCUT2D eigenvalue weighted by Crippen LogP contribution is 2.38. The lowest BCUT2D eigenvalue weighted by atomic mass is 9.95. The van der Waals surface area contributed by atoms with Gasteiger partial charge in [-0.2, -0.15) is 0 Å². The smallest absolute Gasteiger partial charge is 0.341 e. The van der Waals surface area contributed by atoms with Crippen LogP contribution in [-0.4, -0.2) is 39.0 Å². The lowest BCUT2D eigenvalue weighted by molar-refractivity contribution is -0.113. The number of fused-ring (bicyclic) bond motifs is 1. The minimum atomic E-state index is -0.379. The fourth-order valence-electron chi connectivity index (χ4n) is 3.95. The summed E-state index contributed by atoms with van der Waals surface area (Å²) in [5.74, 6) is 0.627. The van der Waals surface area contributed by atoms with Crippen LogP contribution < -0.4 is 10.1 Å². The van der Waals surface area contributed by atoms with Gasteiger partial charge in [0.05, 0.1) is 22.9 Å². The predicted molar refractivity (Wildman–Crippen MR) is 143 cm³/mol. The molecule has 0 saturated carbocycles. The average molecular weight is 570 g/mol. The number of hydrogen-bond acceptors (Lipinski definition) is 8. The van der Waals surface area contributed by atoms with Crippen molar-refractivity contribution in [1.29, 1.82) is 0 Å². The van der Waals surface area contributed by atoms with Gasteiger partial charge in [0.15, 0.2) is 11.0 Å². The minimum absolute atomic E-state index is 0.118. The number of hydrogen-bond donors (Lipinski definition) is 1. The number of thioether (sulfide) groups is 1. The summed E-state index contributed by atoms with van der Waals surface area (Å²) < 4.78 is 12.9. The van der Waals surface area contributed by atoms with Gasteiger partial charge in [-0.3, -0.25) is 4.79 Å². The summed E-state index contributed by atoms with van der Waals surface area (Å²) in [4.78, 5) is 26.6. The molecule has 1 aliphatic rings. The van der Waals surface area contributed by atoms with Crippen molar-refractivity contribution < 1.29 is 19.1 Å². The molecule has 192 valence electrons. The molecule has 1 amide bonds. The fraction of sp³-hybridized carbons (Fsp3) is 0.417. The topological polar surface area (TPSA) is 95.3 Å². The van der Waals surface area contributed by atoms with Gasteiger partial charge in [0.25, 0.3) is 0 Å². The molecule has 0 bridgehead atoms. The molecule has 8 nitrogen and oxygen atoms in total. The highest BCUT2D eigenvalue weighted by molar-refractivity contribution is 7.99. The van der Waals surface area contributed by atoms with Crippen LogP contribution in [0.3, 0.4) is 0 Å². The van der Waals surface area contributed by atoms with Crippen molar-refractivity contribution in [3.63, 3.8) is 0 Å². The average Bonchev–Trinajstić information content (AvgIpc) is 3.42. The molecule has 2 heterocycles. The van der Waals surface area contributed by atoms with Gasteiger partial charge in [-0.1, -0.05) is 35.0 Å². The highest BCUT2D eigenvalue weighted by atomic mass is 35.5. The van der Waals surface area contributed by atoms with Crippen LogP contribution in [-0.2, 0) is 35.5 Å². The number of thiophene rings is 1. The van der Waals surface area contributed by atoms with Gasteiger partial charge >= 0.3 is 5.97 Å². The SMILES string of the molecule is CCOC(=O)c1c(NC(=O)CSc2nnc(COc3ccc(Cl)cc3Cl)n2CC)sc2c1CCCC2. The van der Waals surface area contributed by atoms with Crippen molar-refractivity contribution in [2.45, 2.75) is 57.8 Å². The molecule has 4 rings (SSSR count). The van der Waals surface area contributed by atoms with Crippen molar-refractivity contribution in [3.8, 4) is 5.75 Å². The van der Waals surface area contributed by atoms with Gasteiger partial charge in [0.2, 0.25) is 5.91 Å². The van der Waals surface area contributed by atoms with E-state index >= 15 is 0 Å². The summed E-state index contributed by atoms with van der Waals surface area (Å²) in [7, 11) is 0. The summed E-state index contributed by atoms with van der Waals surface area (Å²) in [6.07, 6.45) is 3.86. The first kappa shape index (κ1) is 26.8. The second kappa shape index (κ2) is 12.3. The highest BCUT2D eigenvalue weighted by Gasteiger charge is 2.27. The summed E-state index contributed by atoms with van der Waals surface area (Å²) in [6, 6.07) is 5.01. The number of nitrogens with one attached hydrogen (secondary N) is 1. The first-order valence-corrected chi connectivity index (χ1v) is 14.2. The molecule has 0 aliphatic heterocycles. The van der Waals surface area contributed by atoms with E-state index in [2.05, 4.69) is 15.5 Å². The third-order valence-electron chi connectivity index (χ3n) is 5.60. The van der Waals surface area contributed by atoms with Gasteiger partial charge in [-0.15, -0.1) is 21.5 Å². The van der Waals surface area contributed by atoms with Gasteiger partial charge in [-0.25, -0.2) is 4.79 Å². The van der Waals surface area contributed by atoms with Crippen LogP contribution in [0.15, 0.2) is 23.4 Å². The van der Waals surface area contributed by atoms with Crippen LogP contribution in [0.5, 0.6) is 5.75 Å². The molecule has 0 saturated heterocycles. The van der Waals surface area contributed by atoms with E-state index in [4.69, 9.17) is 32.7 Å². The van der Waals surface area contributed by atoms with Crippen LogP contribution in [0, 0.1) is 0 Å². The molecule has 2 aromatic heterocycles. The van der Waals surface area contributed by atoms with Crippen molar-refractivity contribution >= 4 is 63.2 Å². The Morgan fingerprint density at radius 3 is 2.75 bits per heavy atom. The van der Waals surface area contributed by atoms with Crippen LogP contribution in [0.4, 0.5) is 5.00 Å². The minimum Gasteiger partial charge on any atom is -0.484 e. The van der Waals surface area contributed by atoms with Crippen LogP contribution in [0.1, 0.15) is 53.3 Å². The number of carbonyl (C=O) groups is 2. The Kier molecular flexibility index (Phi) is 9.16. The summed E-state index contributed by atoms with van der Waals surface area (Å²) in [5, 5.41) is 13.5. The van der Waals surface area contributed by atoms with Crippen molar-refractivity contribution in [1.82, 2.24) is 14.8 Å². The number of anilines is 1. The number of carbonyl (C=O) groups excluding carboxylic acids is 2. The van der Waals surface area contributed by atoms with Crippen LogP contribution in [0.25, 0.3) is 0 Å². The van der Waals surface area contributed by atoms with Gasteiger partial charge in [0.1, 0.15) is 17.4 Å². The molecule has 0 unspecified atom stereocenters. The zero-order valence-electron chi connectivity index (χ0n) is 19.9. The molecule has 1 aliphatic carbocycles. The van der Waals surface area contributed by atoms with E-state index in [1.54, 1.807) is 25.1 Å². The van der Waals surface area contributed by atoms with Crippen LogP contribution >= 0.6 is 46.3 Å². The number of ether oxygens (including phenoxy) is 2. The number of aryl methyl sites for hydroxylation is 1. The summed E-state index contributed by atoms with van der Waals surface area (Å²) in [5.41, 5.74) is 1.52. The van der Waals surface area contributed by atoms with Crippen molar-refractivity contribution in [2.75, 3.05) is 17.7 Å². The number of aromatic nitrogens is 3. The molecule has 0 spiro atoms. The third kappa shape index (κ3) is 6.16. The normalized spacial score (nSPS) is 12.8. The molecule has 36 heavy (non-hydrogen) atoms. The Bertz CT molecular complexity index is 1260. The lowest BCUT2D eigenvalue weighted by Gasteiger charge is -2.12. The number of amides is 1.